The van der Waals surface area contributed by atoms with Crippen LogP contribution >= 0.6 is 0 Å². The second-order valence-corrected chi connectivity index (χ2v) is 4.89. The molecule has 0 aromatic rings. The van der Waals surface area contributed by atoms with Crippen molar-refractivity contribution in [2.24, 2.45) is 0 Å². The maximum Gasteiger partial charge on any atom is 0.136 e. The van der Waals surface area contributed by atoms with Crippen LogP contribution in [0.3, 0.4) is 0 Å². The fourth-order valence-corrected chi connectivity index (χ4v) is 3.14. The number of carbonyl (C=O) groups is 1. The standard InChI is InChI=1S/C12H21NO/c1-3-9(2)13-10-5-4-6-11(13)8-12(14)7-10/h9-11H,3-8H2,1-2H3. The molecule has 2 aliphatic rings. The molecule has 0 saturated carbocycles. The van der Waals surface area contributed by atoms with Gasteiger partial charge in [-0.2, -0.15) is 0 Å². The average Bonchev–Trinajstić information content (AvgIpc) is 2.15. The summed E-state index contributed by atoms with van der Waals surface area (Å²) in [5.41, 5.74) is 0. The summed E-state index contributed by atoms with van der Waals surface area (Å²) in [4.78, 5) is 14.1. The summed E-state index contributed by atoms with van der Waals surface area (Å²) in [5, 5.41) is 0. The predicted molar refractivity (Wildman–Crippen MR) is 57.3 cm³/mol. The molecular formula is C12H21NO. The highest BCUT2D eigenvalue weighted by Gasteiger charge is 2.39. The van der Waals surface area contributed by atoms with Gasteiger partial charge in [-0.25, -0.2) is 0 Å². The Morgan fingerprint density at radius 1 is 1.36 bits per heavy atom. The van der Waals surface area contributed by atoms with E-state index in [-0.39, 0.29) is 0 Å². The molecule has 2 aliphatic heterocycles. The minimum Gasteiger partial charge on any atom is -0.300 e. The summed E-state index contributed by atoms with van der Waals surface area (Å²) in [6.07, 6.45) is 6.66. The van der Waals surface area contributed by atoms with E-state index >= 15 is 0 Å². The summed E-state index contributed by atoms with van der Waals surface area (Å²) in [7, 11) is 0. The third-order valence-corrected chi connectivity index (χ3v) is 3.94. The second kappa shape index (κ2) is 4.01. The van der Waals surface area contributed by atoms with Gasteiger partial charge in [-0.3, -0.25) is 9.69 Å². The van der Waals surface area contributed by atoms with Gasteiger partial charge in [0.05, 0.1) is 0 Å². The number of carbonyl (C=O) groups excluding carboxylic acids is 1. The molecule has 2 rings (SSSR count). The van der Waals surface area contributed by atoms with Crippen LogP contribution in [0.15, 0.2) is 0 Å². The van der Waals surface area contributed by atoms with Gasteiger partial charge in [0.25, 0.3) is 0 Å². The van der Waals surface area contributed by atoms with Gasteiger partial charge in [0.15, 0.2) is 0 Å². The molecule has 0 spiro atoms. The Kier molecular flexibility index (Phi) is 2.91. The first-order valence-corrected chi connectivity index (χ1v) is 6.01. The molecule has 2 fully saturated rings. The third-order valence-electron chi connectivity index (χ3n) is 3.94. The molecule has 2 nitrogen and oxygen atoms in total. The Balaban J connectivity index is 2.12. The molecule has 2 heteroatoms. The zero-order valence-electron chi connectivity index (χ0n) is 9.33. The predicted octanol–water partition coefficient (Wildman–Crippen LogP) is 2.37. The van der Waals surface area contributed by atoms with Gasteiger partial charge in [-0.1, -0.05) is 13.3 Å². The number of piperidine rings is 2. The van der Waals surface area contributed by atoms with E-state index in [9.17, 15) is 4.79 Å². The Morgan fingerprint density at radius 3 is 2.43 bits per heavy atom. The van der Waals surface area contributed by atoms with E-state index in [1.807, 2.05) is 0 Å². The largest absolute Gasteiger partial charge is 0.300 e. The zero-order chi connectivity index (χ0) is 10.1. The summed E-state index contributed by atoms with van der Waals surface area (Å²) >= 11 is 0. The topological polar surface area (TPSA) is 20.3 Å². The van der Waals surface area contributed by atoms with Crippen LogP contribution in [-0.2, 0) is 4.79 Å². The van der Waals surface area contributed by atoms with Gasteiger partial charge < -0.3 is 0 Å². The van der Waals surface area contributed by atoms with E-state index in [0.717, 1.165) is 12.8 Å². The molecule has 80 valence electrons. The van der Waals surface area contributed by atoms with Crippen LogP contribution in [0.5, 0.6) is 0 Å². The SMILES string of the molecule is CCC(C)N1C2CCCC1CC(=O)C2. The van der Waals surface area contributed by atoms with Gasteiger partial charge >= 0.3 is 0 Å². The molecular weight excluding hydrogens is 174 g/mol. The van der Waals surface area contributed by atoms with Crippen LogP contribution in [0.2, 0.25) is 0 Å². The minimum absolute atomic E-state index is 0.499. The molecule has 14 heavy (non-hydrogen) atoms. The number of nitrogens with zero attached hydrogens (tertiary/aromatic N) is 1. The summed E-state index contributed by atoms with van der Waals surface area (Å²) in [6, 6.07) is 1.81. The Labute approximate surface area is 86.7 Å². The number of hydrogen-bond acceptors (Lipinski definition) is 2. The van der Waals surface area contributed by atoms with Crippen molar-refractivity contribution in [3.05, 3.63) is 0 Å². The second-order valence-electron chi connectivity index (χ2n) is 4.89. The van der Waals surface area contributed by atoms with Crippen molar-refractivity contribution in [3.63, 3.8) is 0 Å². The van der Waals surface area contributed by atoms with Gasteiger partial charge in [-0.15, -0.1) is 0 Å². The van der Waals surface area contributed by atoms with Gasteiger partial charge in [0.2, 0.25) is 0 Å². The number of ketones is 1. The highest BCUT2D eigenvalue weighted by atomic mass is 16.1. The highest BCUT2D eigenvalue weighted by molar-refractivity contribution is 5.80. The minimum atomic E-state index is 0.499. The monoisotopic (exact) mass is 195 g/mol. The van der Waals surface area contributed by atoms with Crippen molar-refractivity contribution in [1.29, 1.82) is 0 Å². The van der Waals surface area contributed by atoms with Crippen LogP contribution in [0.25, 0.3) is 0 Å². The summed E-state index contributed by atoms with van der Waals surface area (Å²) in [5.74, 6) is 0.499. The molecule has 3 atom stereocenters. The quantitative estimate of drug-likeness (QED) is 0.674. The molecule has 0 amide bonds. The fourth-order valence-electron chi connectivity index (χ4n) is 3.14. The molecule has 2 saturated heterocycles. The van der Waals surface area contributed by atoms with Crippen molar-refractivity contribution in [2.75, 3.05) is 0 Å². The lowest BCUT2D eigenvalue weighted by Gasteiger charge is -2.48. The molecule has 0 aliphatic carbocycles. The van der Waals surface area contributed by atoms with Gasteiger partial charge in [-0.05, 0) is 26.2 Å². The number of fused-ring (bicyclic) bond motifs is 2. The van der Waals surface area contributed by atoms with E-state index in [1.165, 1.54) is 25.7 Å². The van der Waals surface area contributed by atoms with E-state index in [1.54, 1.807) is 0 Å². The van der Waals surface area contributed by atoms with Crippen molar-refractivity contribution in [1.82, 2.24) is 4.90 Å². The lowest BCUT2D eigenvalue weighted by Crippen LogP contribution is -2.55. The van der Waals surface area contributed by atoms with Crippen molar-refractivity contribution < 1.29 is 4.79 Å². The Morgan fingerprint density at radius 2 is 1.93 bits per heavy atom. The summed E-state index contributed by atoms with van der Waals surface area (Å²) in [6.45, 7) is 4.55. The maximum absolute atomic E-state index is 11.5. The van der Waals surface area contributed by atoms with Gasteiger partial charge in [0, 0.05) is 31.0 Å². The van der Waals surface area contributed by atoms with E-state index in [2.05, 4.69) is 18.7 Å². The van der Waals surface area contributed by atoms with Gasteiger partial charge in [0.1, 0.15) is 5.78 Å². The van der Waals surface area contributed by atoms with Crippen LogP contribution in [0.4, 0.5) is 0 Å². The first-order chi connectivity index (χ1) is 6.72. The highest BCUT2D eigenvalue weighted by Crippen LogP contribution is 2.34. The van der Waals surface area contributed by atoms with Crippen molar-refractivity contribution in [3.8, 4) is 0 Å². The van der Waals surface area contributed by atoms with Crippen molar-refractivity contribution >= 4 is 5.78 Å². The van der Waals surface area contributed by atoms with Crippen LogP contribution < -0.4 is 0 Å². The lowest BCUT2D eigenvalue weighted by atomic mass is 9.82. The molecule has 2 heterocycles. The Hall–Kier alpha value is -0.370. The lowest BCUT2D eigenvalue weighted by molar-refractivity contribution is -0.128. The van der Waals surface area contributed by atoms with E-state index < -0.39 is 0 Å². The smallest absolute Gasteiger partial charge is 0.136 e. The normalized spacial score (nSPS) is 35.7. The Bertz CT molecular complexity index is 210. The maximum atomic E-state index is 11.5. The fraction of sp³-hybridized carbons (Fsp3) is 0.917. The molecule has 0 radical (unpaired) electrons. The number of rotatable bonds is 2. The first kappa shape index (κ1) is 10.2. The van der Waals surface area contributed by atoms with Crippen LogP contribution in [0.1, 0.15) is 52.4 Å². The molecule has 0 aromatic heterocycles. The molecule has 0 N–H and O–H groups in total. The van der Waals surface area contributed by atoms with Crippen LogP contribution in [0, 0.1) is 0 Å². The first-order valence-electron chi connectivity index (χ1n) is 6.01. The number of Topliss-reactive ketones (excluding diaryl/α,β-unsaturated/α-hetero) is 1. The average molecular weight is 195 g/mol. The molecule has 2 bridgehead atoms. The van der Waals surface area contributed by atoms with Crippen LogP contribution in [-0.4, -0.2) is 28.8 Å². The third kappa shape index (κ3) is 1.72. The van der Waals surface area contributed by atoms with Crippen molar-refractivity contribution in [2.45, 2.75) is 70.5 Å². The van der Waals surface area contributed by atoms with E-state index in [0.29, 0.717) is 23.9 Å². The zero-order valence-corrected chi connectivity index (χ0v) is 9.33. The number of hydrogen-bond donors (Lipinski definition) is 0. The molecule has 0 aromatic carbocycles. The summed E-state index contributed by atoms with van der Waals surface area (Å²) < 4.78 is 0. The molecule has 3 unspecified atom stereocenters. The van der Waals surface area contributed by atoms with E-state index in [4.69, 9.17) is 0 Å².